The minimum Gasteiger partial charge on any atom is -0.379 e. The summed E-state index contributed by atoms with van der Waals surface area (Å²) < 4.78 is 11.0. The molecule has 1 heterocycles. The zero-order valence-electron chi connectivity index (χ0n) is 7.67. The summed E-state index contributed by atoms with van der Waals surface area (Å²) >= 11 is 0. The summed E-state index contributed by atoms with van der Waals surface area (Å²) in [7, 11) is 1.77. The van der Waals surface area contributed by atoms with Crippen molar-refractivity contribution in [3.63, 3.8) is 0 Å². The molecule has 0 aromatic rings. The Kier molecular flexibility index (Phi) is 3.34. The van der Waals surface area contributed by atoms with Gasteiger partial charge in [0.25, 0.3) is 0 Å². The van der Waals surface area contributed by atoms with Gasteiger partial charge in [0.2, 0.25) is 0 Å². The lowest BCUT2D eigenvalue weighted by Crippen LogP contribution is -2.22. The van der Waals surface area contributed by atoms with Crippen LogP contribution in [0.4, 0.5) is 0 Å². The standard InChI is InChI=1S/C9H18O2/c1-4-5-8-9(10-3)6-7(2)11-8/h7-9H,4-6H2,1-3H3/t7-,8+,9+/m0/s1. The van der Waals surface area contributed by atoms with E-state index in [1.165, 1.54) is 6.42 Å². The fourth-order valence-corrected chi connectivity index (χ4v) is 1.71. The Hall–Kier alpha value is -0.0800. The highest BCUT2D eigenvalue weighted by molar-refractivity contribution is 4.80. The van der Waals surface area contributed by atoms with Gasteiger partial charge in [-0.05, 0) is 13.3 Å². The van der Waals surface area contributed by atoms with E-state index in [-0.39, 0.29) is 0 Å². The minimum atomic E-state index is 0.338. The van der Waals surface area contributed by atoms with E-state index in [2.05, 4.69) is 13.8 Å². The maximum absolute atomic E-state index is 5.68. The van der Waals surface area contributed by atoms with Crippen LogP contribution in [0.1, 0.15) is 33.1 Å². The molecule has 0 N–H and O–H groups in total. The second-order valence-electron chi connectivity index (χ2n) is 3.28. The van der Waals surface area contributed by atoms with Crippen LogP contribution in [0, 0.1) is 0 Å². The first-order valence-electron chi connectivity index (χ1n) is 4.46. The molecule has 3 atom stereocenters. The average molecular weight is 158 g/mol. The van der Waals surface area contributed by atoms with Crippen molar-refractivity contribution in [2.45, 2.75) is 51.4 Å². The van der Waals surface area contributed by atoms with Crippen molar-refractivity contribution in [1.82, 2.24) is 0 Å². The molecule has 1 aliphatic heterocycles. The summed E-state index contributed by atoms with van der Waals surface area (Å²) in [6, 6.07) is 0. The second-order valence-corrected chi connectivity index (χ2v) is 3.28. The summed E-state index contributed by atoms with van der Waals surface area (Å²) in [5.74, 6) is 0. The molecule has 1 rings (SSSR count). The molecular weight excluding hydrogens is 140 g/mol. The fraction of sp³-hybridized carbons (Fsp3) is 1.00. The highest BCUT2D eigenvalue weighted by Crippen LogP contribution is 2.25. The maximum Gasteiger partial charge on any atom is 0.0857 e. The summed E-state index contributed by atoms with van der Waals surface area (Å²) in [5.41, 5.74) is 0. The third-order valence-electron chi connectivity index (χ3n) is 2.26. The van der Waals surface area contributed by atoms with Crippen LogP contribution in [0.25, 0.3) is 0 Å². The Balaban J connectivity index is 2.37. The third kappa shape index (κ3) is 2.17. The molecule has 0 aromatic heterocycles. The lowest BCUT2D eigenvalue weighted by Gasteiger charge is -2.15. The van der Waals surface area contributed by atoms with Gasteiger partial charge in [0.1, 0.15) is 0 Å². The highest BCUT2D eigenvalue weighted by atomic mass is 16.6. The van der Waals surface area contributed by atoms with Gasteiger partial charge in [0.05, 0.1) is 18.3 Å². The zero-order valence-corrected chi connectivity index (χ0v) is 7.67. The summed E-state index contributed by atoms with van der Waals surface area (Å²) in [5, 5.41) is 0. The Morgan fingerprint density at radius 3 is 2.82 bits per heavy atom. The van der Waals surface area contributed by atoms with E-state index in [1.54, 1.807) is 7.11 Å². The van der Waals surface area contributed by atoms with Gasteiger partial charge in [-0.15, -0.1) is 0 Å². The quantitative estimate of drug-likeness (QED) is 0.625. The van der Waals surface area contributed by atoms with Crippen molar-refractivity contribution in [2.24, 2.45) is 0 Å². The molecule has 1 aliphatic rings. The Bertz CT molecular complexity index is 114. The maximum atomic E-state index is 5.68. The predicted octanol–water partition coefficient (Wildman–Crippen LogP) is 1.98. The SMILES string of the molecule is CCC[C@H]1O[C@@H](C)C[C@H]1OC. The lowest BCUT2D eigenvalue weighted by atomic mass is 10.1. The Morgan fingerprint density at radius 2 is 2.27 bits per heavy atom. The number of hydrogen-bond acceptors (Lipinski definition) is 2. The van der Waals surface area contributed by atoms with E-state index < -0.39 is 0 Å². The molecular formula is C9H18O2. The fourth-order valence-electron chi connectivity index (χ4n) is 1.71. The van der Waals surface area contributed by atoms with Crippen LogP contribution in [-0.2, 0) is 9.47 Å². The molecule has 0 unspecified atom stereocenters. The first kappa shape index (κ1) is 9.01. The molecule has 0 aliphatic carbocycles. The first-order chi connectivity index (χ1) is 5.27. The first-order valence-corrected chi connectivity index (χ1v) is 4.46. The molecule has 1 saturated heterocycles. The molecule has 0 bridgehead atoms. The molecule has 0 aromatic carbocycles. The lowest BCUT2D eigenvalue weighted by molar-refractivity contribution is -0.00552. The van der Waals surface area contributed by atoms with Crippen LogP contribution in [0.5, 0.6) is 0 Å². The Labute approximate surface area is 68.9 Å². The van der Waals surface area contributed by atoms with Gasteiger partial charge >= 0.3 is 0 Å². The van der Waals surface area contributed by atoms with Gasteiger partial charge in [-0.2, -0.15) is 0 Å². The smallest absolute Gasteiger partial charge is 0.0857 e. The van der Waals surface area contributed by atoms with Crippen molar-refractivity contribution >= 4 is 0 Å². The molecule has 11 heavy (non-hydrogen) atoms. The molecule has 0 amide bonds. The van der Waals surface area contributed by atoms with Crippen LogP contribution in [-0.4, -0.2) is 25.4 Å². The molecule has 0 spiro atoms. The summed E-state index contributed by atoms with van der Waals surface area (Å²) in [6.07, 6.45) is 4.43. The van der Waals surface area contributed by atoms with Crippen molar-refractivity contribution in [1.29, 1.82) is 0 Å². The molecule has 0 saturated carbocycles. The third-order valence-corrected chi connectivity index (χ3v) is 2.26. The van der Waals surface area contributed by atoms with Crippen molar-refractivity contribution < 1.29 is 9.47 Å². The number of rotatable bonds is 3. The van der Waals surface area contributed by atoms with E-state index in [1.807, 2.05) is 0 Å². The summed E-state index contributed by atoms with van der Waals surface area (Å²) in [6.45, 7) is 4.29. The van der Waals surface area contributed by atoms with Crippen LogP contribution in [0.3, 0.4) is 0 Å². The van der Waals surface area contributed by atoms with Gasteiger partial charge in [-0.3, -0.25) is 0 Å². The van der Waals surface area contributed by atoms with Gasteiger partial charge in [-0.25, -0.2) is 0 Å². The van der Waals surface area contributed by atoms with Gasteiger partial charge in [0.15, 0.2) is 0 Å². The molecule has 2 heteroatoms. The molecule has 66 valence electrons. The Morgan fingerprint density at radius 1 is 1.55 bits per heavy atom. The number of ether oxygens (including phenoxy) is 2. The topological polar surface area (TPSA) is 18.5 Å². The number of hydrogen-bond donors (Lipinski definition) is 0. The van der Waals surface area contributed by atoms with E-state index in [0.29, 0.717) is 18.3 Å². The largest absolute Gasteiger partial charge is 0.379 e. The van der Waals surface area contributed by atoms with E-state index in [4.69, 9.17) is 9.47 Å². The minimum absolute atomic E-state index is 0.338. The van der Waals surface area contributed by atoms with E-state index in [9.17, 15) is 0 Å². The zero-order chi connectivity index (χ0) is 8.27. The second kappa shape index (κ2) is 4.07. The van der Waals surface area contributed by atoms with Crippen LogP contribution in [0.15, 0.2) is 0 Å². The molecule has 2 nitrogen and oxygen atoms in total. The van der Waals surface area contributed by atoms with Gasteiger partial charge < -0.3 is 9.47 Å². The van der Waals surface area contributed by atoms with Gasteiger partial charge in [0, 0.05) is 13.5 Å². The highest BCUT2D eigenvalue weighted by Gasteiger charge is 2.31. The molecule has 0 radical (unpaired) electrons. The van der Waals surface area contributed by atoms with Crippen LogP contribution < -0.4 is 0 Å². The van der Waals surface area contributed by atoms with Crippen LogP contribution >= 0.6 is 0 Å². The van der Waals surface area contributed by atoms with Crippen molar-refractivity contribution in [3.8, 4) is 0 Å². The van der Waals surface area contributed by atoms with Crippen molar-refractivity contribution in [2.75, 3.05) is 7.11 Å². The van der Waals surface area contributed by atoms with E-state index in [0.717, 1.165) is 12.8 Å². The molecule has 1 fully saturated rings. The van der Waals surface area contributed by atoms with Gasteiger partial charge in [-0.1, -0.05) is 13.3 Å². The predicted molar refractivity (Wildman–Crippen MR) is 44.7 cm³/mol. The summed E-state index contributed by atoms with van der Waals surface area (Å²) in [4.78, 5) is 0. The van der Waals surface area contributed by atoms with E-state index >= 15 is 0 Å². The average Bonchev–Trinajstić information content (AvgIpc) is 2.32. The van der Waals surface area contributed by atoms with Crippen LogP contribution in [0.2, 0.25) is 0 Å². The van der Waals surface area contributed by atoms with Crippen molar-refractivity contribution in [3.05, 3.63) is 0 Å². The number of methoxy groups -OCH3 is 1. The normalized spacial score (nSPS) is 37.9. The monoisotopic (exact) mass is 158 g/mol.